The number of aliphatic carboxylic acids is 1. The second-order valence-corrected chi connectivity index (χ2v) is 5.50. The molecule has 122 valence electrons. The van der Waals surface area contributed by atoms with Crippen molar-refractivity contribution in [1.29, 1.82) is 0 Å². The lowest BCUT2D eigenvalue weighted by molar-refractivity contribution is -0.141. The zero-order chi connectivity index (χ0) is 17.0. The molecule has 2 N–H and O–H groups in total. The van der Waals surface area contributed by atoms with Crippen LogP contribution in [0.25, 0.3) is 5.69 Å². The maximum absolute atomic E-state index is 12.0. The SMILES string of the molecule is Cc1ccn(-c2ccc(NC(=O)N(C)CC(C)C(=O)O)cc2)n1. The number of urea groups is 1. The summed E-state index contributed by atoms with van der Waals surface area (Å²) < 4.78 is 1.75. The first-order chi connectivity index (χ1) is 10.9. The van der Waals surface area contributed by atoms with Gasteiger partial charge in [0, 0.05) is 25.5 Å². The van der Waals surface area contributed by atoms with E-state index in [1.165, 1.54) is 4.90 Å². The summed E-state index contributed by atoms with van der Waals surface area (Å²) in [6.07, 6.45) is 1.87. The van der Waals surface area contributed by atoms with Crippen LogP contribution in [0.4, 0.5) is 10.5 Å². The fourth-order valence-corrected chi connectivity index (χ4v) is 2.05. The van der Waals surface area contributed by atoms with Crippen LogP contribution in [0.1, 0.15) is 12.6 Å². The Bertz CT molecular complexity index is 694. The molecule has 1 aromatic carbocycles. The van der Waals surface area contributed by atoms with Crippen molar-refractivity contribution in [2.75, 3.05) is 18.9 Å². The van der Waals surface area contributed by atoms with E-state index < -0.39 is 11.9 Å². The molecule has 1 atom stereocenters. The molecule has 2 aromatic rings. The number of amides is 2. The maximum atomic E-state index is 12.0. The molecule has 0 aliphatic carbocycles. The van der Waals surface area contributed by atoms with Crippen LogP contribution >= 0.6 is 0 Å². The van der Waals surface area contributed by atoms with Gasteiger partial charge in [0.05, 0.1) is 17.3 Å². The standard InChI is InChI=1S/C16H20N4O3/c1-11(15(21)22)10-19(3)16(23)17-13-4-6-14(7-5-13)20-9-8-12(2)18-20/h4-9,11H,10H2,1-3H3,(H,17,23)(H,21,22). The molecule has 0 fully saturated rings. The van der Waals surface area contributed by atoms with Gasteiger partial charge in [-0.05, 0) is 37.3 Å². The van der Waals surface area contributed by atoms with Gasteiger partial charge in [0.2, 0.25) is 0 Å². The molecule has 0 saturated heterocycles. The van der Waals surface area contributed by atoms with E-state index >= 15 is 0 Å². The van der Waals surface area contributed by atoms with Crippen molar-refractivity contribution in [1.82, 2.24) is 14.7 Å². The van der Waals surface area contributed by atoms with Gasteiger partial charge in [0.25, 0.3) is 0 Å². The lowest BCUT2D eigenvalue weighted by Gasteiger charge is -2.20. The molecule has 1 unspecified atom stereocenters. The van der Waals surface area contributed by atoms with E-state index in [1.807, 2.05) is 31.3 Å². The number of nitrogens with zero attached hydrogens (tertiary/aromatic N) is 3. The summed E-state index contributed by atoms with van der Waals surface area (Å²) in [7, 11) is 1.57. The Morgan fingerprint density at radius 1 is 1.30 bits per heavy atom. The molecule has 7 nitrogen and oxygen atoms in total. The van der Waals surface area contributed by atoms with Gasteiger partial charge in [0.15, 0.2) is 0 Å². The Morgan fingerprint density at radius 2 is 1.96 bits per heavy atom. The number of carboxylic acid groups (broad SMARTS) is 1. The monoisotopic (exact) mass is 316 g/mol. The second-order valence-electron chi connectivity index (χ2n) is 5.50. The van der Waals surface area contributed by atoms with Crippen LogP contribution in [0, 0.1) is 12.8 Å². The van der Waals surface area contributed by atoms with Crippen molar-refractivity contribution >= 4 is 17.7 Å². The summed E-state index contributed by atoms with van der Waals surface area (Å²) in [6, 6.07) is 8.82. The number of carbonyl (C=O) groups is 2. The van der Waals surface area contributed by atoms with Gasteiger partial charge >= 0.3 is 12.0 Å². The molecular formula is C16H20N4O3. The van der Waals surface area contributed by atoms with E-state index in [-0.39, 0.29) is 12.6 Å². The minimum atomic E-state index is -0.927. The quantitative estimate of drug-likeness (QED) is 0.886. The van der Waals surface area contributed by atoms with Crippen LogP contribution in [-0.2, 0) is 4.79 Å². The Labute approximate surface area is 134 Å². The molecule has 0 aliphatic rings. The molecule has 0 aliphatic heterocycles. The number of nitrogens with one attached hydrogen (secondary N) is 1. The molecule has 0 saturated carbocycles. The third-order valence-corrected chi connectivity index (χ3v) is 3.42. The van der Waals surface area contributed by atoms with E-state index in [4.69, 9.17) is 5.11 Å². The third kappa shape index (κ3) is 4.32. The number of carboxylic acids is 1. The van der Waals surface area contributed by atoms with Crippen LogP contribution in [-0.4, -0.2) is 45.4 Å². The number of anilines is 1. The Morgan fingerprint density at radius 3 is 2.48 bits per heavy atom. The Hall–Kier alpha value is -2.83. The highest BCUT2D eigenvalue weighted by molar-refractivity contribution is 5.89. The van der Waals surface area contributed by atoms with E-state index in [2.05, 4.69) is 10.4 Å². The summed E-state index contributed by atoms with van der Waals surface area (Å²) in [5, 5.41) is 15.9. The zero-order valence-corrected chi connectivity index (χ0v) is 13.4. The first-order valence-electron chi connectivity index (χ1n) is 7.24. The summed E-state index contributed by atoms with van der Waals surface area (Å²) in [4.78, 5) is 24.2. The van der Waals surface area contributed by atoms with E-state index in [0.717, 1.165) is 11.4 Å². The fraction of sp³-hybridized carbons (Fsp3) is 0.312. The molecule has 7 heteroatoms. The molecular weight excluding hydrogens is 296 g/mol. The van der Waals surface area contributed by atoms with Crippen LogP contribution in [0.15, 0.2) is 36.5 Å². The number of hydrogen-bond acceptors (Lipinski definition) is 3. The Balaban J connectivity index is 1.97. The third-order valence-electron chi connectivity index (χ3n) is 3.42. The molecule has 0 radical (unpaired) electrons. The summed E-state index contributed by atoms with van der Waals surface area (Å²) in [5.74, 6) is -1.54. The predicted molar refractivity (Wildman–Crippen MR) is 86.7 cm³/mol. The average molecular weight is 316 g/mol. The lowest BCUT2D eigenvalue weighted by atomic mass is 10.2. The highest BCUT2D eigenvalue weighted by atomic mass is 16.4. The molecule has 0 spiro atoms. The molecule has 23 heavy (non-hydrogen) atoms. The average Bonchev–Trinajstić information content (AvgIpc) is 2.94. The van der Waals surface area contributed by atoms with Gasteiger partial charge in [0.1, 0.15) is 0 Å². The van der Waals surface area contributed by atoms with E-state index in [0.29, 0.717) is 5.69 Å². The van der Waals surface area contributed by atoms with Crippen LogP contribution in [0.3, 0.4) is 0 Å². The van der Waals surface area contributed by atoms with E-state index in [9.17, 15) is 9.59 Å². The molecule has 1 aromatic heterocycles. The van der Waals surface area contributed by atoms with Gasteiger partial charge in [-0.3, -0.25) is 4.79 Å². The predicted octanol–water partition coefficient (Wildman–Crippen LogP) is 2.37. The normalized spacial score (nSPS) is 11.8. The highest BCUT2D eigenvalue weighted by Gasteiger charge is 2.17. The first-order valence-corrected chi connectivity index (χ1v) is 7.24. The second kappa shape index (κ2) is 6.95. The van der Waals surface area contributed by atoms with Gasteiger partial charge in [-0.25, -0.2) is 9.48 Å². The zero-order valence-electron chi connectivity index (χ0n) is 13.4. The van der Waals surface area contributed by atoms with Crippen LogP contribution in [0.5, 0.6) is 0 Å². The minimum Gasteiger partial charge on any atom is -0.481 e. The molecule has 2 rings (SSSR count). The Kier molecular flexibility index (Phi) is 5.00. The van der Waals surface area contributed by atoms with Gasteiger partial charge in [-0.2, -0.15) is 5.10 Å². The van der Waals surface area contributed by atoms with Gasteiger partial charge in [-0.15, -0.1) is 0 Å². The molecule has 1 heterocycles. The van der Waals surface area contributed by atoms with Crippen molar-refractivity contribution in [2.45, 2.75) is 13.8 Å². The van der Waals surface area contributed by atoms with Crippen molar-refractivity contribution < 1.29 is 14.7 Å². The maximum Gasteiger partial charge on any atom is 0.321 e. The summed E-state index contributed by atoms with van der Waals surface area (Å²) >= 11 is 0. The van der Waals surface area contributed by atoms with Crippen molar-refractivity contribution in [3.8, 4) is 5.69 Å². The van der Waals surface area contributed by atoms with E-state index in [1.54, 1.807) is 30.8 Å². The van der Waals surface area contributed by atoms with Crippen molar-refractivity contribution in [2.24, 2.45) is 5.92 Å². The van der Waals surface area contributed by atoms with Crippen LogP contribution in [0.2, 0.25) is 0 Å². The fourth-order valence-electron chi connectivity index (χ4n) is 2.05. The number of hydrogen-bond donors (Lipinski definition) is 2. The van der Waals surface area contributed by atoms with Gasteiger partial charge in [-0.1, -0.05) is 6.92 Å². The number of benzene rings is 1. The summed E-state index contributed by atoms with van der Waals surface area (Å²) in [6.45, 7) is 3.62. The van der Waals surface area contributed by atoms with Crippen molar-refractivity contribution in [3.63, 3.8) is 0 Å². The van der Waals surface area contributed by atoms with Gasteiger partial charge < -0.3 is 15.3 Å². The number of aryl methyl sites for hydroxylation is 1. The molecule has 0 bridgehead atoms. The van der Waals surface area contributed by atoms with Crippen LogP contribution < -0.4 is 5.32 Å². The molecule has 2 amide bonds. The number of rotatable bonds is 5. The highest BCUT2D eigenvalue weighted by Crippen LogP contribution is 2.14. The largest absolute Gasteiger partial charge is 0.481 e. The minimum absolute atomic E-state index is 0.145. The number of carbonyl (C=O) groups excluding carboxylic acids is 1. The lowest BCUT2D eigenvalue weighted by Crippen LogP contribution is -2.36. The number of aromatic nitrogens is 2. The summed E-state index contributed by atoms with van der Waals surface area (Å²) in [5.41, 5.74) is 2.46. The smallest absolute Gasteiger partial charge is 0.321 e. The van der Waals surface area contributed by atoms with Crippen molar-refractivity contribution in [3.05, 3.63) is 42.2 Å². The first kappa shape index (κ1) is 16.5. The topological polar surface area (TPSA) is 87.5 Å².